The quantitative estimate of drug-likeness (QED) is 0.136. The van der Waals surface area contributed by atoms with E-state index in [1.165, 1.54) is 74.0 Å². The minimum absolute atomic E-state index is 0.719. The van der Waals surface area contributed by atoms with E-state index in [-0.39, 0.29) is 0 Å². The van der Waals surface area contributed by atoms with Crippen LogP contribution in [0.25, 0.3) is 5.57 Å². The number of benzene rings is 2. The van der Waals surface area contributed by atoms with Crippen LogP contribution in [0.15, 0.2) is 83.6 Å². The summed E-state index contributed by atoms with van der Waals surface area (Å²) in [6, 6.07) is 18.7. The second kappa shape index (κ2) is 23.8. The fourth-order valence-corrected chi connectivity index (χ4v) is 4.95. The monoisotopic (exact) mass is 560 g/mol. The van der Waals surface area contributed by atoms with E-state index in [2.05, 4.69) is 74.0 Å². The maximum absolute atomic E-state index is 11.7. The van der Waals surface area contributed by atoms with Crippen LogP contribution in [-0.2, 0) is 4.79 Å². The number of likely N-dealkylation sites (N-methyl/N-ethyl adjacent to an activating group) is 1. The summed E-state index contributed by atoms with van der Waals surface area (Å²) < 4.78 is 0. The summed E-state index contributed by atoms with van der Waals surface area (Å²) >= 11 is 0. The van der Waals surface area contributed by atoms with Gasteiger partial charge in [-0.2, -0.15) is 0 Å². The number of carbonyl (C=O) groups is 1. The molecule has 0 radical (unpaired) electrons. The molecule has 0 bridgehead atoms. The zero-order valence-electron chi connectivity index (χ0n) is 27.9. The molecule has 3 nitrogen and oxygen atoms in total. The van der Waals surface area contributed by atoms with Crippen molar-refractivity contribution >= 4 is 11.9 Å². The fraction of sp³-hybridized carbons (Fsp3) is 0.500. The highest BCUT2D eigenvalue weighted by Gasteiger charge is 2.18. The van der Waals surface area contributed by atoms with Gasteiger partial charge in [-0.25, -0.2) is 0 Å². The first-order chi connectivity index (χ1) is 19.9. The maximum Gasteiger partial charge on any atom is 0.146 e. The smallest absolute Gasteiger partial charge is 0.146 e. The molecule has 0 aliphatic carbocycles. The van der Waals surface area contributed by atoms with Gasteiger partial charge in [0.15, 0.2) is 0 Å². The van der Waals surface area contributed by atoms with Crippen LogP contribution >= 0.6 is 0 Å². The number of aryl methyl sites for hydroxylation is 2. The van der Waals surface area contributed by atoms with Gasteiger partial charge < -0.3 is 10.2 Å². The molecule has 0 spiro atoms. The normalized spacial score (nSPS) is 14.2. The van der Waals surface area contributed by atoms with Gasteiger partial charge in [-0.1, -0.05) is 113 Å². The molecule has 3 rings (SSSR count). The Labute approximate surface area is 253 Å². The SMILES string of the molecule is C=C(NC)C(=C(/C)C=O)/C(=C(\C)CCCCN1CCCCCC1)c1ccccc1C.CC.CC.Cc1ccccc1. The molecule has 228 valence electrons. The fourth-order valence-electron chi connectivity index (χ4n) is 4.95. The molecule has 0 saturated carbocycles. The molecule has 2 aromatic carbocycles. The Balaban J connectivity index is 0.00000123. The van der Waals surface area contributed by atoms with Crippen LogP contribution in [0.2, 0.25) is 0 Å². The summed E-state index contributed by atoms with van der Waals surface area (Å²) in [5, 5.41) is 3.17. The lowest BCUT2D eigenvalue weighted by Gasteiger charge is -2.22. The predicted octanol–water partition coefficient (Wildman–Crippen LogP) is 10.1. The zero-order valence-corrected chi connectivity index (χ0v) is 27.9. The van der Waals surface area contributed by atoms with E-state index < -0.39 is 0 Å². The van der Waals surface area contributed by atoms with Gasteiger partial charge in [0, 0.05) is 18.3 Å². The van der Waals surface area contributed by atoms with Gasteiger partial charge in [0.2, 0.25) is 0 Å². The molecule has 1 heterocycles. The summed E-state index contributed by atoms with van der Waals surface area (Å²) in [6.45, 7) is 24.2. The lowest BCUT2D eigenvalue weighted by Crippen LogP contribution is -2.25. The number of nitrogens with one attached hydrogen (secondary N) is 1. The minimum Gasteiger partial charge on any atom is -0.388 e. The van der Waals surface area contributed by atoms with E-state index in [4.69, 9.17) is 0 Å². The number of hydrogen-bond donors (Lipinski definition) is 1. The second-order valence-corrected chi connectivity index (χ2v) is 10.2. The summed E-state index contributed by atoms with van der Waals surface area (Å²) in [4.78, 5) is 14.4. The highest BCUT2D eigenvalue weighted by molar-refractivity contribution is 5.92. The lowest BCUT2D eigenvalue weighted by atomic mass is 9.85. The standard InChI is InChI=1S/C27H40N2O.C7H8.2C2H6/c1-21-14-8-9-16-25(21)27(26(23(3)20-30)24(4)28-5)22(2)15-10-13-19-29-17-11-6-7-12-18-29;1-7-5-3-2-4-6-7;2*1-2/h8-9,14,16,20,28H,4,6-7,10-13,15,17-19H2,1-3,5H3;2-6H,1H3;2*1-2H3/b26-23+,27-22+;;;. The molecular formula is C38H60N2O. The topological polar surface area (TPSA) is 32.3 Å². The largest absolute Gasteiger partial charge is 0.388 e. The van der Waals surface area contributed by atoms with E-state index in [0.717, 1.165) is 41.5 Å². The van der Waals surface area contributed by atoms with Crippen molar-refractivity contribution in [1.29, 1.82) is 0 Å². The van der Waals surface area contributed by atoms with Gasteiger partial charge in [-0.05, 0) is 102 Å². The number of carbonyl (C=O) groups excluding carboxylic acids is 1. The predicted molar refractivity (Wildman–Crippen MR) is 183 cm³/mol. The Morgan fingerprint density at radius 2 is 1.41 bits per heavy atom. The Kier molecular flexibility index (Phi) is 22.1. The molecule has 41 heavy (non-hydrogen) atoms. The molecule has 0 atom stereocenters. The van der Waals surface area contributed by atoms with Crippen LogP contribution in [0.4, 0.5) is 0 Å². The van der Waals surface area contributed by atoms with Gasteiger partial charge in [-0.3, -0.25) is 4.79 Å². The summed E-state index contributed by atoms with van der Waals surface area (Å²) in [5.74, 6) is 0. The first-order valence-electron chi connectivity index (χ1n) is 15.9. The number of aldehydes is 1. The van der Waals surface area contributed by atoms with Gasteiger partial charge in [-0.15, -0.1) is 0 Å². The van der Waals surface area contributed by atoms with E-state index in [0.29, 0.717) is 0 Å². The minimum atomic E-state index is 0.719. The van der Waals surface area contributed by atoms with Crippen molar-refractivity contribution in [2.75, 3.05) is 26.7 Å². The molecule has 1 aliphatic heterocycles. The van der Waals surface area contributed by atoms with Crippen molar-refractivity contribution in [3.05, 3.63) is 100 Å². The van der Waals surface area contributed by atoms with Crippen LogP contribution in [0.5, 0.6) is 0 Å². The summed E-state index contributed by atoms with van der Waals surface area (Å²) in [7, 11) is 1.87. The van der Waals surface area contributed by atoms with E-state index in [9.17, 15) is 4.79 Å². The molecule has 1 saturated heterocycles. The molecule has 1 aliphatic rings. The number of hydrogen-bond acceptors (Lipinski definition) is 3. The van der Waals surface area contributed by atoms with Crippen molar-refractivity contribution < 1.29 is 4.79 Å². The number of allylic oxidation sites excluding steroid dienone is 3. The third-order valence-electron chi connectivity index (χ3n) is 7.18. The molecule has 0 unspecified atom stereocenters. The molecule has 3 heteroatoms. The molecule has 2 aromatic rings. The van der Waals surface area contributed by atoms with Crippen LogP contribution in [0, 0.1) is 13.8 Å². The molecule has 0 aromatic heterocycles. The Bertz CT molecular complexity index is 1040. The Morgan fingerprint density at radius 1 is 0.854 bits per heavy atom. The first kappa shape index (κ1) is 38.1. The first-order valence-corrected chi connectivity index (χ1v) is 15.9. The van der Waals surface area contributed by atoms with Gasteiger partial charge >= 0.3 is 0 Å². The zero-order chi connectivity index (χ0) is 31.0. The molecular weight excluding hydrogens is 500 g/mol. The van der Waals surface area contributed by atoms with Crippen molar-refractivity contribution in [2.45, 2.75) is 100 Å². The van der Waals surface area contributed by atoms with Crippen molar-refractivity contribution in [3.8, 4) is 0 Å². The Hall–Kier alpha value is -2.91. The third-order valence-corrected chi connectivity index (χ3v) is 7.18. The summed E-state index contributed by atoms with van der Waals surface area (Å²) in [6.07, 6.45) is 9.84. The number of likely N-dealkylation sites (tertiary alicyclic amines) is 1. The number of unbranched alkanes of at least 4 members (excludes halogenated alkanes) is 1. The van der Waals surface area contributed by atoms with Crippen LogP contribution in [0.3, 0.4) is 0 Å². The highest BCUT2D eigenvalue weighted by atomic mass is 16.1. The van der Waals surface area contributed by atoms with E-state index >= 15 is 0 Å². The van der Waals surface area contributed by atoms with Crippen LogP contribution in [0.1, 0.15) is 103 Å². The van der Waals surface area contributed by atoms with Crippen LogP contribution in [-0.4, -0.2) is 37.9 Å². The maximum atomic E-state index is 11.7. The van der Waals surface area contributed by atoms with Gasteiger partial charge in [0.25, 0.3) is 0 Å². The third kappa shape index (κ3) is 14.5. The van der Waals surface area contributed by atoms with E-state index in [1.54, 1.807) is 0 Å². The average Bonchev–Trinajstić information content (AvgIpc) is 3.29. The lowest BCUT2D eigenvalue weighted by molar-refractivity contribution is -0.104. The highest BCUT2D eigenvalue weighted by Crippen LogP contribution is 2.35. The van der Waals surface area contributed by atoms with Crippen molar-refractivity contribution in [3.63, 3.8) is 0 Å². The molecule has 1 fully saturated rings. The van der Waals surface area contributed by atoms with Crippen LogP contribution < -0.4 is 5.32 Å². The number of nitrogens with zero attached hydrogens (tertiary/aromatic N) is 1. The second-order valence-electron chi connectivity index (χ2n) is 10.2. The van der Waals surface area contributed by atoms with Crippen molar-refractivity contribution in [1.82, 2.24) is 10.2 Å². The number of rotatable bonds is 10. The Morgan fingerprint density at radius 3 is 1.90 bits per heavy atom. The summed E-state index contributed by atoms with van der Waals surface area (Å²) in [5.41, 5.74) is 8.67. The van der Waals surface area contributed by atoms with Crippen molar-refractivity contribution in [2.24, 2.45) is 0 Å². The van der Waals surface area contributed by atoms with Gasteiger partial charge in [0.05, 0.1) is 0 Å². The molecule has 1 N–H and O–H groups in total. The van der Waals surface area contributed by atoms with E-state index in [1.807, 2.05) is 59.9 Å². The average molecular weight is 561 g/mol. The molecule has 0 amide bonds. The van der Waals surface area contributed by atoms with Gasteiger partial charge in [0.1, 0.15) is 6.29 Å².